The molecule has 0 unspecified atom stereocenters. The van der Waals surface area contributed by atoms with Crippen LogP contribution in [0.1, 0.15) is 41.9 Å². The van der Waals surface area contributed by atoms with Crippen LogP contribution in [-0.2, 0) is 0 Å². The Bertz CT molecular complexity index is 730. The van der Waals surface area contributed by atoms with Gasteiger partial charge < -0.3 is 4.90 Å². The van der Waals surface area contributed by atoms with Crippen LogP contribution in [0.4, 0.5) is 11.4 Å². The first-order chi connectivity index (χ1) is 10.7. The molecule has 0 aromatic heterocycles. The summed E-state index contributed by atoms with van der Waals surface area (Å²) in [6, 6.07) is 16.7. The molecule has 2 aromatic carbocycles. The lowest BCUT2D eigenvalue weighted by Crippen LogP contribution is -2.35. The minimum absolute atomic E-state index is 0.706. The van der Waals surface area contributed by atoms with Gasteiger partial charge in [-0.05, 0) is 74.3 Å². The van der Waals surface area contributed by atoms with Gasteiger partial charge in [0.15, 0.2) is 0 Å². The van der Waals surface area contributed by atoms with Gasteiger partial charge in [0, 0.05) is 23.3 Å². The van der Waals surface area contributed by atoms with Crippen LogP contribution >= 0.6 is 0 Å². The van der Waals surface area contributed by atoms with Crippen LogP contribution in [-0.4, -0.2) is 6.04 Å². The molecule has 0 N–H and O–H groups in total. The molecule has 2 saturated carbocycles. The fourth-order valence-corrected chi connectivity index (χ4v) is 5.53. The van der Waals surface area contributed by atoms with Crippen LogP contribution in [0.2, 0.25) is 0 Å². The van der Waals surface area contributed by atoms with Crippen molar-refractivity contribution < 1.29 is 0 Å². The molecule has 22 heavy (non-hydrogen) atoms. The van der Waals surface area contributed by atoms with Gasteiger partial charge in [-0.3, -0.25) is 0 Å². The smallest absolute Gasteiger partial charge is 0.0452 e. The van der Waals surface area contributed by atoms with Crippen molar-refractivity contribution in [2.75, 3.05) is 4.90 Å². The molecule has 0 spiro atoms. The predicted octanol–water partition coefficient (Wildman–Crippen LogP) is 5.34. The maximum absolute atomic E-state index is 2.68. The molecule has 4 atom stereocenters. The molecule has 2 fully saturated rings. The van der Waals surface area contributed by atoms with Gasteiger partial charge in [-0.2, -0.15) is 0 Å². The number of aryl methyl sites for hydroxylation is 2. The molecule has 0 saturated heterocycles. The van der Waals surface area contributed by atoms with Crippen molar-refractivity contribution in [1.29, 1.82) is 0 Å². The van der Waals surface area contributed by atoms with Crippen molar-refractivity contribution in [3.8, 4) is 0 Å². The highest BCUT2D eigenvalue weighted by Gasteiger charge is 2.55. The highest BCUT2D eigenvalue weighted by atomic mass is 15.2. The quantitative estimate of drug-likeness (QED) is 0.685. The van der Waals surface area contributed by atoms with Gasteiger partial charge in [-0.25, -0.2) is 0 Å². The summed E-state index contributed by atoms with van der Waals surface area (Å²) in [5.41, 5.74) is 7.36. The van der Waals surface area contributed by atoms with Gasteiger partial charge in [-0.1, -0.05) is 29.8 Å². The maximum atomic E-state index is 2.68. The molecule has 1 heterocycles. The number of fused-ring (bicyclic) bond motifs is 7. The van der Waals surface area contributed by atoms with Gasteiger partial charge in [0.1, 0.15) is 0 Å². The van der Waals surface area contributed by atoms with E-state index in [-0.39, 0.29) is 0 Å². The first kappa shape index (κ1) is 12.8. The largest absolute Gasteiger partial charge is 0.337 e. The second kappa shape index (κ2) is 4.38. The zero-order chi connectivity index (χ0) is 14.8. The number of rotatable bonds is 1. The van der Waals surface area contributed by atoms with Gasteiger partial charge >= 0.3 is 0 Å². The van der Waals surface area contributed by atoms with E-state index in [1.54, 1.807) is 5.56 Å². The van der Waals surface area contributed by atoms with Crippen molar-refractivity contribution in [2.24, 2.45) is 11.8 Å². The minimum atomic E-state index is 0.706. The Morgan fingerprint density at radius 2 is 1.68 bits per heavy atom. The summed E-state index contributed by atoms with van der Waals surface area (Å²) >= 11 is 0. The Hall–Kier alpha value is -1.76. The monoisotopic (exact) mass is 289 g/mol. The second-order valence-corrected chi connectivity index (χ2v) is 7.56. The highest BCUT2D eigenvalue weighted by Crippen LogP contribution is 2.62. The van der Waals surface area contributed by atoms with Crippen LogP contribution in [0.3, 0.4) is 0 Å². The van der Waals surface area contributed by atoms with Crippen LogP contribution in [0.5, 0.6) is 0 Å². The molecule has 2 aromatic rings. The zero-order valence-corrected chi connectivity index (χ0v) is 13.4. The Morgan fingerprint density at radius 1 is 0.909 bits per heavy atom. The third kappa shape index (κ3) is 1.54. The normalized spacial score (nSPS) is 31.5. The maximum Gasteiger partial charge on any atom is 0.0452 e. The van der Waals surface area contributed by atoms with Crippen molar-refractivity contribution >= 4 is 11.4 Å². The van der Waals surface area contributed by atoms with Crippen molar-refractivity contribution in [2.45, 2.75) is 45.1 Å². The lowest BCUT2D eigenvalue weighted by Gasteiger charge is -2.33. The molecule has 3 aliphatic rings. The Labute approximate surface area is 133 Å². The number of anilines is 2. The predicted molar refractivity (Wildman–Crippen MR) is 91.9 cm³/mol. The first-order valence-corrected chi connectivity index (χ1v) is 8.69. The van der Waals surface area contributed by atoms with E-state index < -0.39 is 0 Å². The number of nitrogens with zero attached hydrogens (tertiary/aromatic N) is 1. The number of benzene rings is 2. The molecule has 1 heteroatoms. The molecule has 1 nitrogen and oxygen atoms in total. The molecular formula is C21H23N. The molecule has 112 valence electrons. The third-order valence-electron chi connectivity index (χ3n) is 6.38. The van der Waals surface area contributed by atoms with E-state index in [9.17, 15) is 0 Å². The SMILES string of the molecule is Cc1ccc(N2c3cccc(C)c3[C@H]3[C@@H]4CC[C@@H](C4)[C@H]32)cc1. The van der Waals surface area contributed by atoms with Crippen molar-refractivity contribution in [3.63, 3.8) is 0 Å². The molecule has 0 amide bonds. The average Bonchev–Trinajstić information content (AvgIpc) is 3.19. The summed E-state index contributed by atoms with van der Waals surface area (Å²) in [7, 11) is 0. The van der Waals surface area contributed by atoms with E-state index in [2.05, 4.69) is 61.2 Å². The van der Waals surface area contributed by atoms with Crippen molar-refractivity contribution in [1.82, 2.24) is 0 Å². The van der Waals surface area contributed by atoms with Crippen LogP contribution in [0.25, 0.3) is 0 Å². The number of hydrogen-bond donors (Lipinski definition) is 0. The fraction of sp³-hybridized carbons (Fsp3) is 0.429. The van der Waals surface area contributed by atoms with Crippen molar-refractivity contribution in [3.05, 3.63) is 59.2 Å². The lowest BCUT2D eigenvalue weighted by atomic mass is 9.81. The van der Waals surface area contributed by atoms with E-state index in [4.69, 9.17) is 0 Å². The minimum Gasteiger partial charge on any atom is -0.337 e. The molecule has 1 aliphatic heterocycles. The standard InChI is InChI=1S/C21H23N/c1-13-6-10-17(11-7-13)22-18-5-3-4-14(2)19(18)20-15-8-9-16(12-15)21(20)22/h3-7,10-11,15-16,20-21H,8-9,12H2,1-2H3/t15-,16+,20-,21-/m1/s1. The average molecular weight is 289 g/mol. The number of hydrogen-bond acceptors (Lipinski definition) is 1. The highest BCUT2D eigenvalue weighted by molar-refractivity contribution is 5.75. The topological polar surface area (TPSA) is 3.24 Å². The van der Waals surface area contributed by atoms with E-state index in [0.717, 1.165) is 17.8 Å². The van der Waals surface area contributed by atoms with E-state index in [1.807, 2.05) is 0 Å². The second-order valence-electron chi connectivity index (χ2n) is 7.56. The summed E-state index contributed by atoms with van der Waals surface area (Å²) in [5.74, 6) is 2.59. The van der Waals surface area contributed by atoms with Gasteiger partial charge in [0.05, 0.1) is 0 Å². The first-order valence-electron chi connectivity index (χ1n) is 8.69. The Kier molecular flexibility index (Phi) is 2.54. The molecule has 2 bridgehead atoms. The van der Waals surface area contributed by atoms with Gasteiger partial charge in [0.2, 0.25) is 0 Å². The van der Waals surface area contributed by atoms with E-state index >= 15 is 0 Å². The summed E-state index contributed by atoms with van der Waals surface area (Å²) in [5, 5.41) is 0. The van der Waals surface area contributed by atoms with Crippen LogP contribution < -0.4 is 4.90 Å². The summed E-state index contributed by atoms with van der Waals surface area (Å²) in [4.78, 5) is 2.68. The molecule has 2 aliphatic carbocycles. The van der Waals surface area contributed by atoms with E-state index in [0.29, 0.717) is 6.04 Å². The van der Waals surface area contributed by atoms with E-state index in [1.165, 1.54) is 41.8 Å². The summed E-state index contributed by atoms with van der Waals surface area (Å²) in [6.07, 6.45) is 4.33. The van der Waals surface area contributed by atoms with Crippen LogP contribution in [0, 0.1) is 25.7 Å². The zero-order valence-electron chi connectivity index (χ0n) is 13.4. The molecule has 5 rings (SSSR count). The fourth-order valence-electron chi connectivity index (χ4n) is 5.53. The molecule has 0 radical (unpaired) electrons. The van der Waals surface area contributed by atoms with Crippen LogP contribution in [0.15, 0.2) is 42.5 Å². The summed E-state index contributed by atoms with van der Waals surface area (Å²) < 4.78 is 0. The Balaban J connectivity index is 1.71. The Morgan fingerprint density at radius 3 is 2.50 bits per heavy atom. The molecular weight excluding hydrogens is 266 g/mol. The lowest BCUT2D eigenvalue weighted by molar-refractivity contribution is 0.381. The van der Waals surface area contributed by atoms with Gasteiger partial charge in [-0.15, -0.1) is 0 Å². The summed E-state index contributed by atoms with van der Waals surface area (Å²) in [6.45, 7) is 4.48. The third-order valence-corrected chi connectivity index (χ3v) is 6.38. The van der Waals surface area contributed by atoms with Gasteiger partial charge in [0.25, 0.3) is 0 Å².